The summed E-state index contributed by atoms with van der Waals surface area (Å²) >= 11 is 6.08. The molecular formula is C18H18ClNO4. The zero-order chi connectivity index (χ0) is 16.7. The van der Waals surface area contributed by atoms with Crippen LogP contribution in [0.15, 0.2) is 34.9 Å². The molecule has 24 heavy (non-hydrogen) atoms. The molecule has 2 aliphatic rings. The number of nitrogens with zero attached hydrogens (tertiary/aromatic N) is 1. The number of fused-ring (bicyclic) bond motifs is 1. The highest BCUT2D eigenvalue weighted by Gasteiger charge is 2.39. The fourth-order valence-corrected chi connectivity index (χ4v) is 3.65. The number of halogens is 1. The molecule has 0 radical (unpaired) electrons. The Labute approximate surface area is 144 Å². The number of anilines is 1. The first kappa shape index (κ1) is 15.7. The van der Waals surface area contributed by atoms with Crippen molar-refractivity contribution in [3.63, 3.8) is 0 Å². The molecule has 5 nitrogen and oxygen atoms in total. The van der Waals surface area contributed by atoms with Crippen LogP contribution in [0.5, 0.6) is 0 Å². The van der Waals surface area contributed by atoms with Crippen LogP contribution in [0.25, 0.3) is 0 Å². The number of hydrogen-bond acceptors (Lipinski definition) is 4. The van der Waals surface area contributed by atoms with Gasteiger partial charge in [-0.3, -0.25) is 4.79 Å². The standard InChI is InChI=1S/C18H18ClNO4/c19-13-2-1-12-3-7-20(15(12)11-13)17(21)14-4-8-24-16(14)18(22)5-9-23-10-6-18/h1-2,4,8,11,22H,3,5-7,9-10H2. The third-order valence-corrected chi connectivity index (χ3v) is 5.06. The van der Waals surface area contributed by atoms with Gasteiger partial charge < -0.3 is 19.2 Å². The molecule has 0 atom stereocenters. The van der Waals surface area contributed by atoms with Gasteiger partial charge in [0.05, 0.1) is 11.8 Å². The lowest BCUT2D eigenvalue weighted by molar-refractivity contribution is -0.0804. The number of amides is 1. The number of benzene rings is 1. The number of carbonyl (C=O) groups is 1. The molecule has 1 fully saturated rings. The summed E-state index contributed by atoms with van der Waals surface area (Å²) < 4.78 is 10.8. The predicted octanol–water partition coefficient (Wildman–Crippen LogP) is 3.13. The van der Waals surface area contributed by atoms with Gasteiger partial charge in [0.15, 0.2) is 0 Å². The van der Waals surface area contributed by atoms with Crippen molar-refractivity contribution in [1.29, 1.82) is 0 Å². The van der Waals surface area contributed by atoms with Crippen LogP contribution in [0.2, 0.25) is 5.02 Å². The maximum absolute atomic E-state index is 13.1. The Balaban J connectivity index is 1.68. The van der Waals surface area contributed by atoms with E-state index in [9.17, 15) is 9.90 Å². The molecule has 2 aromatic rings. The molecule has 1 aromatic heterocycles. The third kappa shape index (κ3) is 2.53. The molecule has 0 unspecified atom stereocenters. The van der Waals surface area contributed by atoms with Crippen molar-refractivity contribution in [3.8, 4) is 0 Å². The molecule has 0 saturated carbocycles. The normalized spacial score (nSPS) is 19.3. The topological polar surface area (TPSA) is 62.9 Å². The van der Waals surface area contributed by atoms with E-state index >= 15 is 0 Å². The highest BCUT2D eigenvalue weighted by atomic mass is 35.5. The third-order valence-electron chi connectivity index (χ3n) is 4.83. The van der Waals surface area contributed by atoms with Crippen LogP contribution in [-0.4, -0.2) is 30.8 Å². The number of ether oxygens (including phenoxy) is 1. The summed E-state index contributed by atoms with van der Waals surface area (Å²) in [5.41, 5.74) is 1.19. The molecule has 1 saturated heterocycles. The minimum Gasteiger partial charge on any atom is -0.465 e. The van der Waals surface area contributed by atoms with Gasteiger partial charge in [-0.05, 0) is 30.2 Å². The van der Waals surface area contributed by atoms with E-state index in [-0.39, 0.29) is 5.91 Å². The monoisotopic (exact) mass is 347 g/mol. The van der Waals surface area contributed by atoms with Crippen LogP contribution < -0.4 is 4.90 Å². The lowest BCUT2D eigenvalue weighted by Crippen LogP contribution is -2.36. The average molecular weight is 348 g/mol. The van der Waals surface area contributed by atoms with E-state index in [0.29, 0.717) is 48.9 Å². The molecule has 1 N–H and O–H groups in total. The lowest BCUT2D eigenvalue weighted by atomic mass is 9.89. The Bertz CT molecular complexity index is 779. The molecule has 4 rings (SSSR count). The molecule has 6 heteroatoms. The first-order valence-corrected chi connectivity index (χ1v) is 8.45. The van der Waals surface area contributed by atoms with Crippen molar-refractivity contribution in [2.45, 2.75) is 24.9 Å². The Morgan fingerprint density at radius 2 is 2.04 bits per heavy atom. The molecule has 3 heterocycles. The number of hydrogen-bond donors (Lipinski definition) is 1. The maximum atomic E-state index is 13.1. The van der Waals surface area contributed by atoms with Gasteiger partial charge in [0.1, 0.15) is 11.4 Å². The van der Waals surface area contributed by atoms with Crippen molar-refractivity contribution in [1.82, 2.24) is 0 Å². The van der Waals surface area contributed by atoms with Crippen LogP contribution in [0, 0.1) is 0 Å². The quantitative estimate of drug-likeness (QED) is 0.906. The molecule has 1 aromatic carbocycles. The van der Waals surface area contributed by atoms with E-state index in [1.807, 2.05) is 18.2 Å². The van der Waals surface area contributed by atoms with Gasteiger partial charge in [-0.2, -0.15) is 0 Å². The summed E-state index contributed by atoms with van der Waals surface area (Å²) in [4.78, 5) is 14.8. The minimum atomic E-state index is -1.15. The molecule has 1 amide bonds. The largest absolute Gasteiger partial charge is 0.465 e. The number of furan rings is 1. The summed E-state index contributed by atoms with van der Waals surface area (Å²) in [6, 6.07) is 7.23. The van der Waals surface area contributed by atoms with E-state index in [1.54, 1.807) is 11.0 Å². The van der Waals surface area contributed by atoms with Crippen molar-refractivity contribution in [3.05, 3.63) is 52.4 Å². The molecule has 0 spiro atoms. The second kappa shape index (κ2) is 5.92. The van der Waals surface area contributed by atoms with Crippen molar-refractivity contribution < 1.29 is 19.1 Å². The SMILES string of the molecule is O=C(c1ccoc1C1(O)CCOCC1)N1CCc2ccc(Cl)cc21. The summed E-state index contributed by atoms with van der Waals surface area (Å²) in [5.74, 6) is 0.172. The fraction of sp³-hybridized carbons (Fsp3) is 0.389. The van der Waals surface area contributed by atoms with Crippen molar-refractivity contribution in [2.24, 2.45) is 0 Å². The molecule has 0 aliphatic carbocycles. The first-order chi connectivity index (χ1) is 11.6. The predicted molar refractivity (Wildman–Crippen MR) is 89.5 cm³/mol. The van der Waals surface area contributed by atoms with Gasteiger partial charge in [0.2, 0.25) is 0 Å². The Kier molecular flexibility index (Phi) is 3.87. The van der Waals surface area contributed by atoms with E-state index in [4.69, 9.17) is 20.8 Å². The number of carbonyl (C=O) groups excluding carboxylic acids is 1. The first-order valence-electron chi connectivity index (χ1n) is 8.07. The lowest BCUT2D eigenvalue weighted by Gasteiger charge is -2.31. The summed E-state index contributed by atoms with van der Waals surface area (Å²) in [5, 5.41) is 11.5. The van der Waals surface area contributed by atoms with Crippen LogP contribution >= 0.6 is 11.6 Å². The van der Waals surface area contributed by atoms with Crippen LogP contribution in [0.1, 0.15) is 34.5 Å². The highest BCUT2D eigenvalue weighted by Crippen LogP contribution is 2.37. The zero-order valence-corrected chi connectivity index (χ0v) is 13.9. The van der Waals surface area contributed by atoms with Crippen LogP contribution in [0.3, 0.4) is 0 Å². The Morgan fingerprint density at radius 1 is 1.25 bits per heavy atom. The molecule has 126 valence electrons. The van der Waals surface area contributed by atoms with Crippen molar-refractivity contribution in [2.75, 3.05) is 24.7 Å². The summed E-state index contributed by atoms with van der Waals surface area (Å²) in [6.07, 6.45) is 3.10. The van der Waals surface area contributed by atoms with Gasteiger partial charge in [0.25, 0.3) is 5.91 Å². The van der Waals surface area contributed by atoms with Crippen molar-refractivity contribution >= 4 is 23.2 Å². The Hall–Kier alpha value is -1.82. The van der Waals surface area contributed by atoms with E-state index in [1.165, 1.54) is 6.26 Å². The summed E-state index contributed by atoms with van der Waals surface area (Å²) in [7, 11) is 0. The number of aliphatic hydroxyl groups is 1. The van der Waals surface area contributed by atoms with Gasteiger partial charge in [-0.1, -0.05) is 17.7 Å². The van der Waals surface area contributed by atoms with E-state index < -0.39 is 5.60 Å². The highest BCUT2D eigenvalue weighted by molar-refractivity contribution is 6.31. The smallest absolute Gasteiger partial charge is 0.261 e. The van der Waals surface area contributed by atoms with Gasteiger partial charge >= 0.3 is 0 Å². The van der Waals surface area contributed by atoms with Gasteiger partial charge in [0, 0.05) is 43.3 Å². The summed E-state index contributed by atoms with van der Waals surface area (Å²) in [6.45, 7) is 1.50. The minimum absolute atomic E-state index is 0.167. The van der Waals surface area contributed by atoms with Crippen LogP contribution in [0.4, 0.5) is 5.69 Å². The zero-order valence-electron chi connectivity index (χ0n) is 13.1. The van der Waals surface area contributed by atoms with Crippen LogP contribution in [-0.2, 0) is 16.8 Å². The second-order valence-electron chi connectivity index (χ2n) is 6.29. The molecular weight excluding hydrogens is 330 g/mol. The van der Waals surface area contributed by atoms with E-state index in [0.717, 1.165) is 17.7 Å². The molecule has 0 bridgehead atoms. The average Bonchev–Trinajstić information content (AvgIpc) is 3.22. The number of rotatable bonds is 2. The van der Waals surface area contributed by atoms with E-state index in [2.05, 4.69) is 0 Å². The van der Waals surface area contributed by atoms with Gasteiger partial charge in [-0.25, -0.2) is 0 Å². The molecule has 2 aliphatic heterocycles. The second-order valence-corrected chi connectivity index (χ2v) is 6.72. The van der Waals surface area contributed by atoms with Gasteiger partial charge in [-0.15, -0.1) is 0 Å². The Morgan fingerprint density at radius 3 is 2.83 bits per heavy atom. The fourth-order valence-electron chi connectivity index (χ4n) is 3.48. The maximum Gasteiger partial charge on any atom is 0.261 e.